The van der Waals surface area contributed by atoms with Crippen LogP contribution in [0.15, 0.2) is 29.2 Å². The van der Waals surface area contributed by atoms with E-state index in [2.05, 4.69) is 16.0 Å². The lowest BCUT2D eigenvalue weighted by Gasteiger charge is -2.12. The topological polar surface area (TPSA) is 58.2 Å². The SMILES string of the molecule is C#CCCCCNc1ccccc1S(=O)(=O)NC1CC1. The summed E-state index contributed by atoms with van der Waals surface area (Å²) in [5.74, 6) is 2.60. The molecule has 2 N–H and O–H groups in total. The summed E-state index contributed by atoms with van der Waals surface area (Å²) in [6.45, 7) is 0.720. The quantitative estimate of drug-likeness (QED) is 0.571. The van der Waals surface area contributed by atoms with Crippen LogP contribution in [0.2, 0.25) is 0 Å². The minimum atomic E-state index is -3.42. The van der Waals surface area contributed by atoms with E-state index in [0.717, 1.165) is 38.6 Å². The zero-order chi connectivity index (χ0) is 14.4. The molecule has 4 nitrogen and oxygen atoms in total. The first kappa shape index (κ1) is 14.9. The summed E-state index contributed by atoms with van der Waals surface area (Å²) in [5.41, 5.74) is 0.654. The van der Waals surface area contributed by atoms with Gasteiger partial charge in [-0.2, -0.15) is 0 Å². The molecule has 1 saturated carbocycles. The average molecular weight is 292 g/mol. The van der Waals surface area contributed by atoms with Crippen molar-refractivity contribution < 1.29 is 8.42 Å². The van der Waals surface area contributed by atoms with Crippen LogP contribution in [0.3, 0.4) is 0 Å². The van der Waals surface area contributed by atoms with Crippen LogP contribution >= 0.6 is 0 Å². The number of sulfonamides is 1. The lowest BCUT2D eigenvalue weighted by atomic mass is 10.2. The minimum Gasteiger partial charge on any atom is -0.384 e. The highest BCUT2D eigenvalue weighted by atomic mass is 32.2. The van der Waals surface area contributed by atoms with Gasteiger partial charge in [0.1, 0.15) is 4.90 Å². The lowest BCUT2D eigenvalue weighted by molar-refractivity contribution is 0.581. The summed E-state index contributed by atoms with van der Waals surface area (Å²) < 4.78 is 27.2. The fourth-order valence-electron chi connectivity index (χ4n) is 1.91. The highest BCUT2D eigenvalue weighted by Gasteiger charge is 2.29. The molecule has 20 heavy (non-hydrogen) atoms. The summed E-state index contributed by atoms with van der Waals surface area (Å²) in [4.78, 5) is 0.323. The predicted octanol–water partition coefficient (Wildman–Crippen LogP) is 2.34. The van der Waals surface area contributed by atoms with E-state index in [1.54, 1.807) is 18.2 Å². The molecule has 5 heteroatoms. The van der Waals surface area contributed by atoms with E-state index in [1.807, 2.05) is 6.07 Å². The van der Waals surface area contributed by atoms with Crippen molar-refractivity contribution in [1.82, 2.24) is 4.72 Å². The van der Waals surface area contributed by atoms with Gasteiger partial charge in [-0.15, -0.1) is 12.3 Å². The molecule has 0 spiro atoms. The molecule has 0 aliphatic heterocycles. The molecule has 1 aromatic carbocycles. The molecule has 0 heterocycles. The van der Waals surface area contributed by atoms with Gasteiger partial charge >= 0.3 is 0 Å². The molecule has 0 saturated heterocycles. The smallest absolute Gasteiger partial charge is 0.242 e. The first-order valence-electron chi connectivity index (χ1n) is 6.92. The monoisotopic (exact) mass is 292 g/mol. The number of anilines is 1. The summed E-state index contributed by atoms with van der Waals surface area (Å²) >= 11 is 0. The van der Waals surface area contributed by atoms with Crippen molar-refractivity contribution >= 4 is 15.7 Å². The summed E-state index contributed by atoms with van der Waals surface area (Å²) in [6.07, 6.45) is 9.68. The molecule has 2 rings (SSSR count). The van der Waals surface area contributed by atoms with E-state index in [0.29, 0.717) is 10.6 Å². The highest BCUT2D eigenvalue weighted by Crippen LogP contribution is 2.25. The summed E-state index contributed by atoms with van der Waals surface area (Å²) in [5, 5.41) is 3.18. The minimum absolute atomic E-state index is 0.115. The molecular formula is C15H20N2O2S. The van der Waals surface area contributed by atoms with Crippen LogP contribution in [0.1, 0.15) is 32.1 Å². The van der Waals surface area contributed by atoms with Crippen LogP contribution in [0.5, 0.6) is 0 Å². The first-order valence-corrected chi connectivity index (χ1v) is 8.40. The Labute approximate surface area is 121 Å². The van der Waals surface area contributed by atoms with Gasteiger partial charge in [0.15, 0.2) is 0 Å². The molecule has 1 fully saturated rings. The van der Waals surface area contributed by atoms with Crippen LogP contribution in [-0.2, 0) is 10.0 Å². The Kier molecular flexibility index (Phi) is 5.05. The van der Waals surface area contributed by atoms with Gasteiger partial charge in [-0.1, -0.05) is 12.1 Å². The number of rotatable bonds is 8. The third-order valence-electron chi connectivity index (χ3n) is 3.14. The van der Waals surface area contributed by atoms with Gasteiger partial charge in [0, 0.05) is 19.0 Å². The number of para-hydroxylation sites is 1. The van der Waals surface area contributed by atoms with Crippen LogP contribution in [-0.4, -0.2) is 21.0 Å². The number of hydrogen-bond acceptors (Lipinski definition) is 3. The second kappa shape index (κ2) is 6.78. The number of hydrogen-bond donors (Lipinski definition) is 2. The molecule has 0 aromatic heterocycles. The molecule has 1 aliphatic rings. The maximum atomic E-state index is 12.3. The second-order valence-corrected chi connectivity index (χ2v) is 6.66. The van der Waals surface area contributed by atoms with Gasteiger partial charge in [0.05, 0.1) is 5.69 Å². The van der Waals surface area contributed by atoms with Crippen molar-refractivity contribution in [1.29, 1.82) is 0 Å². The largest absolute Gasteiger partial charge is 0.384 e. The van der Waals surface area contributed by atoms with Crippen LogP contribution in [0, 0.1) is 12.3 Å². The molecule has 0 bridgehead atoms. The summed E-state index contributed by atoms with van der Waals surface area (Å²) in [6, 6.07) is 7.12. The molecular weight excluding hydrogens is 272 g/mol. The third kappa shape index (κ3) is 4.26. The molecule has 0 atom stereocenters. The lowest BCUT2D eigenvalue weighted by Crippen LogP contribution is -2.26. The predicted molar refractivity (Wildman–Crippen MR) is 81.0 cm³/mol. The van der Waals surface area contributed by atoms with E-state index in [9.17, 15) is 8.42 Å². The van der Waals surface area contributed by atoms with Gasteiger partial charge in [0.2, 0.25) is 10.0 Å². The van der Waals surface area contributed by atoms with Crippen molar-refractivity contribution in [2.45, 2.75) is 43.0 Å². The van der Waals surface area contributed by atoms with Gasteiger partial charge in [-0.3, -0.25) is 0 Å². The zero-order valence-electron chi connectivity index (χ0n) is 11.4. The van der Waals surface area contributed by atoms with Crippen molar-refractivity contribution in [2.24, 2.45) is 0 Å². The molecule has 0 radical (unpaired) electrons. The standard InChI is InChI=1S/C15H20N2O2S/c1-2-3-4-7-12-16-14-8-5-6-9-15(14)20(18,19)17-13-10-11-13/h1,5-6,8-9,13,16-17H,3-4,7,10-12H2. The van der Waals surface area contributed by atoms with E-state index >= 15 is 0 Å². The Morgan fingerprint density at radius 3 is 2.70 bits per heavy atom. The molecule has 108 valence electrons. The molecule has 0 unspecified atom stereocenters. The maximum absolute atomic E-state index is 12.3. The molecule has 1 aliphatic carbocycles. The molecule has 1 aromatic rings. The number of nitrogens with one attached hydrogen (secondary N) is 2. The highest BCUT2D eigenvalue weighted by molar-refractivity contribution is 7.89. The second-order valence-electron chi connectivity index (χ2n) is 4.98. The van der Waals surface area contributed by atoms with Crippen molar-refractivity contribution in [2.75, 3.05) is 11.9 Å². The van der Waals surface area contributed by atoms with E-state index in [1.165, 1.54) is 0 Å². The Balaban J connectivity index is 2.00. The van der Waals surface area contributed by atoms with Crippen LogP contribution in [0.4, 0.5) is 5.69 Å². The summed E-state index contributed by atoms with van der Waals surface area (Å²) in [7, 11) is -3.42. The van der Waals surface area contributed by atoms with Crippen LogP contribution < -0.4 is 10.0 Å². The third-order valence-corrected chi connectivity index (χ3v) is 4.72. The number of unbranched alkanes of at least 4 members (excludes halogenated alkanes) is 2. The average Bonchev–Trinajstić information content (AvgIpc) is 3.22. The number of terminal acetylenes is 1. The fraction of sp³-hybridized carbons (Fsp3) is 0.467. The van der Waals surface area contributed by atoms with Crippen molar-refractivity contribution in [3.05, 3.63) is 24.3 Å². The first-order chi connectivity index (χ1) is 9.63. The van der Waals surface area contributed by atoms with Crippen LogP contribution in [0.25, 0.3) is 0 Å². The zero-order valence-corrected chi connectivity index (χ0v) is 12.2. The van der Waals surface area contributed by atoms with Gasteiger partial charge in [0.25, 0.3) is 0 Å². The van der Waals surface area contributed by atoms with Crippen molar-refractivity contribution in [3.8, 4) is 12.3 Å². The fourth-order valence-corrected chi connectivity index (χ4v) is 3.40. The van der Waals surface area contributed by atoms with Gasteiger partial charge in [-0.25, -0.2) is 13.1 Å². The Bertz CT molecular complexity index is 586. The van der Waals surface area contributed by atoms with Crippen molar-refractivity contribution in [3.63, 3.8) is 0 Å². The van der Waals surface area contributed by atoms with E-state index in [-0.39, 0.29) is 6.04 Å². The maximum Gasteiger partial charge on any atom is 0.242 e. The Hall–Kier alpha value is -1.51. The Morgan fingerprint density at radius 1 is 1.25 bits per heavy atom. The van der Waals surface area contributed by atoms with Gasteiger partial charge in [-0.05, 0) is 37.8 Å². The molecule has 0 amide bonds. The van der Waals surface area contributed by atoms with E-state index in [4.69, 9.17) is 6.42 Å². The normalized spacial score (nSPS) is 14.8. The van der Waals surface area contributed by atoms with Gasteiger partial charge < -0.3 is 5.32 Å². The number of benzene rings is 1. The Morgan fingerprint density at radius 2 is 2.00 bits per heavy atom. The van der Waals surface area contributed by atoms with E-state index < -0.39 is 10.0 Å².